The van der Waals surface area contributed by atoms with Gasteiger partial charge in [0.05, 0.1) is 20.8 Å². The summed E-state index contributed by atoms with van der Waals surface area (Å²) in [5.41, 5.74) is -5.12. The molecule has 3 aromatic heterocycles. The predicted octanol–water partition coefficient (Wildman–Crippen LogP) is 4.51. The number of alkyl halides is 3. The van der Waals surface area contributed by atoms with E-state index in [0.717, 1.165) is 0 Å². The lowest BCUT2D eigenvalue weighted by Crippen LogP contribution is -2.25. The van der Waals surface area contributed by atoms with E-state index in [1.54, 1.807) is 20.8 Å². The number of thioether (sulfide) groups is 1. The predicted molar refractivity (Wildman–Crippen MR) is 108 cm³/mol. The number of halogens is 3. The Morgan fingerprint density at radius 3 is 2.65 bits per heavy atom. The zero-order valence-electron chi connectivity index (χ0n) is 16.6. The number of aromatic nitrogens is 4. The summed E-state index contributed by atoms with van der Waals surface area (Å²) in [6, 6.07) is 4.53. The summed E-state index contributed by atoms with van der Waals surface area (Å²) in [5, 5.41) is 8.88. The molecular weight excluding hydrogens is 453 g/mol. The monoisotopic (exact) mass is 470 g/mol. The maximum atomic E-state index is 12.9. The summed E-state index contributed by atoms with van der Waals surface area (Å²) in [7, 11) is -3.27. The maximum Gasteiger partial charge on any atom is 0.447 e. The molecule has 3 aromatic rings. The van der Waals surface area contributed by atoms with Crippen LogP contribution in [0.1, 0.15) is 20.8 Å². The molecule has 13 heteroatoms. The Bertz CT molecular complexity index is 1280. The normalized spacial score (nSPS) is 14.2. The Balaban J connectivity index is 2.11. The summed E-state index contributed by atoms with van der Waals surface area (Å²) in [4.78, 5) is 12.3. The number of nitriles is 1. The van der Waals surface area contributed by atoms with E-state index >= 15 is 0 Å². The molecule has 0 saturated heterocycles. The van der Waals surface area contributed by atoms with Gasteiger partial charge in [-0.1, -0.05) is 6.92 Å². The molecule has 0 bridgehead atoms. The number of nitrogens with one attached hydrogen (secondary N) is 1. The molecule has 0 fully saturated rings. The summed E-state index contributed by atoms with van der Waals surface area (Å²) >= 11 is -0.358. The molecule has 0 saturated carbocycles. The van der Waals surface area contributed by atoms with Crippen molar-refractivity contribution in [3.05, 3.63) is 30.9 Å². The van der Waals surface area contributed by atoms with Crippen LogP contribution >= 0.6 is 11.8 Å². The van der Waals surface area contributed by atoms with Gasteiger partial charge in [0.2, 0.25) is 0 Å². The van der Waals surface area contributed by atoms with Crippen LogP contribution in [0, 0.1) is 16.1 Å². The van der Waals surface area contributed by atoms with Gasteiger partial charge in [0, 0.05) is 35.8 Å². The van der Waals surface area contributed by atoms with Crippen molar-refractivity contribution in [1.29, 1.82) is 10.0 Å². The van der Waals surface area contributed by atoms with Gasteiger partial charge in [-0.05, 0) is 13.8 Å². The fourth-order valence-corrected chi connectivity index (χ4v) is 4.15. The van der Waals surface area contributed by atoms with Crippen molar-refractivity contribution < 1.29 is 22.1 Å². The number of imidazole rings is 1. The highest BCUT2D eigenvalue weighted by atomic mass is 32.2. The number of pyridine rings is 1. The molecule has 8 nitrogen and oxygen atoms in total. The van der Waals surface area contributed by atoms with Gasteiger partial charge in [-0.25, -0.2) is 23.9 Å². The van der Waals surface area contributed by atoms with Gasteiger partial charge < -0.3 is 4.74 Å². The number of hydrogen-bond donors (Lipinski definition) is 1. The Morgan fingerprint density at radius 1 is 1.32 bits per heavy atom. The standard InChI is InChI=1S/C18H17F3N6O2S2/c1-4-31(23,28)13-5-11(29-17(2,3)9-22)7-24-16(13)12-8-27-10-25-15(6-14(27)26-12)30-18(19,20)21/h5-8,10,23H,4H2,1-3H3/t31-/m1/s1. The van der Waals surface area contributed by atoms with E-state index < -0.39 is 20.8 Å². The number of hydrogen-bond acceptors (Lipinski definition) is 8. The van der Waals surface area contributed by atoms with Gasteiger partial charge in [0.15, 0.2) is 5.60 Å². The molecule has 0 spiro atoms. The van der Waals surface area contributed by atoms with Crippen LogP contribution in [0.15, 0.2) is 40.8 Å². The zero-order valence-corrected chi connectivity index (χ0v) is 18.2. The lowest BCUT2D eigenvalue weighted by molar-refractivity contribution is -0.0329. The Labute approximate surface area is 180 Å². The van der Waals surface area contributed by atoms with E-state index in [2.05, 4.69) is 15.0 Å². The van der Waals surface area contributed by atoms with Crippen LogP contribution in [0.3, 0.4) is 0 Å². The molecule has 0 aliphatic heterocycles. The van der Waals surface area contributed by atoms with Crippen LogP contribution in [0.25, 0.3) is 17.0 Å². The Hall–Kier alpha value is -2.85. The molecule has 3 heterocycles. The lowest BCUT2D eigenvalue weighted by Gasteiger charge is -2.19. The minimum atomic E-state index is -4.49. The summed E-state index contributed by atoms with van der Waals surface area (Å²) in [6.45, 7) is 4.67. The number of nitrogens with zero attached hydrogens (tertiary/aromatic N) is 5. The molecule has 3 rings (SSSR count). The molecule has 1 N–H and O–H groups in total. The van der Waals surface area contributed by atoms with Crippen molar-refractivity contribution in [2.45, 2.75) is 41.8 Å². The second-order valence-electron chi connectivity index (χ2n) is 6.87. The van der Waals surface area contributed by atoms with Crippen molar-refractivity contribution in [3.8, 4) is 23.2 Å². The molecular formula is C18H17F3N6O2S2. The molecule has 0 aliphatic rings. The van der Waals surface area contributed by atoms with E-state index in [4.69, 9.17) is 14.8 Å². The lowest BCUT2D eigenvalue weighted by atomic mass is 10.2. The Morgan fingerprint density at radius 2 is 2.03 bits per heavy atom. The van der Waals surface area contributed by atoms with E-state index in [0.29, 0.717) is 0 Å². The average Bonchev–Trinajstić information content (AvgIpc) is 3.09. The summed E-state index contributed by atoms with van der Waals surface area (Å²) in [6.07, 6.45) is 3.97. The van der Waals surface area contributed by atoms with Gasteiger partial charge >= 0.3 is 5.51 Å². The van der Waals surface area contributed by atoms with Crippen LogP contribution in [0.2, 0.25) is 0 Å². The van der Waals surface area contributed by atoms with Gasteiger partial charge in [-0.2, -0.15) is 18.4 Å². The number of fused-ring (bicyclic) bond motifs is 1. The first-order chi connectivity index (χ1) is 14.3. The quantitative estimate of drug-likeness (QED) is 0.416. The van der Waals surface area contributed by atoms with Gasteiger partial charge in [0.25, 0.3) is 0 Å². The van der Waals surface area contributed by atoms with E-state index in [1.165, 1.54) is 35.3 Å². The largest absolute Gasteiger partial charge is 0.471 e. The van der Waals surface area contributed by atoms with Crippen LogP contribution in [0.4, 0.5) is 13.2 Å². The van der Waals surface area contributed by atoms with Crippen molar-refractivity contribution in [1.82, 2.24) is 19.4 Å². The highest BCUT2D eigenvalue weighted by molar-refractivity contribution is 8.00. The topological polar surface area (TPSA) is 117 Å². The van der Waals surface area contributed by atoms with E-state index in [-0.39, 0.29) is 50.2 Å². The molecule has 0 radical (unpaired) electrons. The number of rotatable bonds is 6. The molecule has 0 aromatic carbocycles. The molecule has 0 unspecified atom stereocenters. The van der Waals surface area contributed by atoms with Crippen LogP contribution < -0.4 is 4.74 Å². The first-order valence-electron chi connectivity index (χ1n) is 8.81. The summed E-state index contributed by atoms with van der Waals surface area (Å²) in [5.74, 6) is 0.154. The first-order valence-corrected chi connectivity index (χ1v) is 11.4. The average molecular weight is 471 g/mol. The van der Waals surface area contributed by atoms with E-state index in [9.17, 15) is 17.4 Å². The van der Waals surface area contributed by atoms with Gasteiger partial charge in [0.1, 0.15) is 40.2 Å². The van der Waals surface area contributed by atoms with Gasteiger partial charge in [-0.3, -0.25) is 4.40 Å². The Kier molecular flexibility index (Phi) is 5.90. The van der Waals surface area contributed by atoms with Crippen molar-refractivity contribution in [3.63, 3.8) is 0 Å². The molecule has 1 atom stereocenters. The third kappa shape index (κ3) is 5.26. The SMILES string of the molecule is CC[S@@](=N)(=O)c1cc(OC(C)(C)C#N)cnc1-c1cn2cnc(SC(F)(F)F)cc2n1. The minimum Gasteiger partial charge on any atom is -0.471 e. The third-order valence-corrected chi connectivity index (χ3v) is 6.52. The molecule has 164 valence electrons. The first kappa shape index (κ1) is 22.8. The van der Waals surface area contributed by atoms with E-state index in [1.807, 2.05) is 6.07 Å². The maximum absolute atomic E-state index is 12.9. The highest BCUT2D eigenvalue weighted by Crippen LogP contribution is 2.36. The molecule has 0 aliphatic carbocycles. The smallest absolute Gasteiger partial charge is 0.447 e. The fourth-order valence-electron chi connectivity index (χ4n) is 2.56. The highest BCUT2D eigenvalue weighted by Gasteiger charge is 2.30. The van der Waals surface area contributed by atoms with Crippen LogP contribution in [0.5, 0.6) is 5.75 Å². The second-order valence-corrected chi connectivity index (χ2v) is 10.3. The van der Waals surface area contributed by atoms with Crippen LogP contribution in [-0.2, 0) is 9.73 Å². The van der Waals surface area contributed by atoms with Gasteiger partial charge in [-0.15, -0.1) is 0 Å². The fraction of sp³-hybridized carbons (Fsp3) is 0.333. The van der Waals surface area contributed by atoms with Crippen molar-refractivity contribution in [2.75, 3.05) is 5.75 Å². The summed E-state index contributed by atoms with van der Waals surface area (Å²) < 4.78 is 66.0. The second kappa shape index (κ2) is 8.01. The number of ether oxygens (including phenoxy) is 1. The van der Waals surface area contributed by atoms with Crippen molar-refractivity contribution in [2.24, 2.45) is 0 Å². The minimum absolute atomic E-state index is 0.00588. The third-order valence-electron chi connectivity index (χ3n) is 4.02. The van der Waals surface area contributed by atoms with Crippen LogP contribution in [-0.4, -0.2) is 40.4 Å². The van der Waals surface area contributed by atoms with Crippen molar-refractivity contribution >= 4 is 27.1 Å². The molecule has 0 amide bonds. The zero-order chi connectivity index (χ0) is 23.0. The molecule has 31 heavy (non-hydrogen) atoms.